The molecule has 4 aromatic rings. The molecule has 158 valence electrons. The van der Waals surface area contributed by atoms with Crippen LogP contribution in [0.15, 0.2) is 48.8 Å². The molecule has 1 aromatic carbocycles. The van der Waals surface area contributed by atoms with Gasteiger partial charge >= 0.3 is 0 Å². The van der Waals surface area contributed by atoms with Gasteiger partial charge in [0.05, 0.1) is 11.6 Å². The highest BCUT2D eigenvalue weighted by Gasteiger charge is 2.16. The van der Waals surface area contributed by atoms with Crippen molar-refractivity contribution in [1.82, 2.24) is 19.7 Å². The molecule has 0 spiro atoms. The van der Waals surface area contributed by atoms with Crippen LogP contribution < -0.4 is 14.8 Å². The first-order valence-electron chi connectivity index (χ1n) is 9.83. The van der Waals surface area contributed by atoms with Gasteiger partial charge in [0.25, 0.3) is 5.91 Å². The smallest absolute Gasteiger partial charge is 0.262 e. The Hall–Kier alpha value is -3.94. The highest BCUT2D eigenvalue weighted by atomic mass is 16.5. The Bertz CT molecular complexity index is 1250. The van der Waals surface area contributed by atoms with Gasteiger partial charge in [-0.3, -0.25) is 9.78 Å². The molecular weight excluding hydrogens is 394 g/mol. The average Bonchev–Trinajstić information content (AvgIpc) is 3.05. The third-order valence-electron chi connectivity index (χ3n) is 4.75. The number of rotatable bonds is 6. The first-order chi connectivity index (χ1) is 14.9. The maximum Gasteiger partial charge on any atom is 0.262 e. The number of carbonyl (C=O) groups is 1. The van der Waals surface area contributed by atoms with Gasteiger partial charge in [0.2, 0.25) is 5.88 Å². The fraction of sp³-hybridized carbons (Fsp3) is 0.217. The Morgan fingerprint density at radius 1 is 1.13 bits per heavy atom. The topological polar surface area (TPSA) is 91.2 Å². The molecule has 8 nitrogen and oxygen atoms in total. The lowest BCUT2D eigenvalue weighted by Gasteiger charge is -2.11. The van der Waals surface area contributed by atoms with E-state index in [4.69, 9.17) is 9.47 Å². The van der Waals surface area contributed by atoms with Gasteiger partial charge in [-0.05, 0) is 68.3 Å². The van der Waals surface area contributed by atoms with Crippen molar-refractivity contribution >= 4 is 22.6 Å². The van der Waals surface area contributed by atoms with Crippen LogP contribution in [0.4, 0.5) is 5.69 Å². The van der Waals surface area contributed by atoms with E-state index in [2.05, 4.69) is 20.4 Å². The first kappa shape index (κ1) is 20.3. The van der Waals surface area contributed by atoms with Gasteiger partial charge in [0.15, 0.2) is 12.3 Å². The number of nitrogens with one attached hydrogen (secondary N) is 1. The van der Waals surface area contributed by atoms with Crippen molar-refractivity contribution in [1.29, 1.82) is 0 Å². The molecule has 3 aromatic heterocycles. The monoisotopic (exact) mass is 417 g/mol. The van der Waals surface area contributed by atoms with E-state index in [0.29, 0.717) is 23.1 Å². The Morgan fingerprint density at radius 3 is 2.71 bits per heavy atom. The van der Waals surface area contributed by atoms with Gasteiger partial charge in [-0.1, -0.05) is 0 Å². The zero-order chi connectivity index (χ0) is 22.0. The van der Waals surface area contributed by atoms with E-state index in [1.807, 2.05) is 51.1 Å². The van der Waals surface area contributed by atoms with Crippen molar-refractivity contribution in [2.24, 2.45) is 7.05 Å². The second-order valence-electron chi connectivity index (χ2n) is 7.32. The second-order valence-corrected chi connectivity index (χ2v) is 7.32. The highest BCUT2D eigenvalue weighted by Crippen LogP contribution is 2.28. The number of hydrogen-bond donors (Lipinski definition) is 1. The minimum Gasteiger partial charge on any atom is -0.466 e. The highest BCUT2D eigenvalue weighted by molar-refractivity contribution is 5.92. The van der Waals surface area contributed by atoms with E-state index in [-0.39, 0.29) is 12.5 Å². The number of ether oxygens (including phenoxy) is 2. The van der Waals surface area contributed by atoms with Gasteiger partial charge in [0.1, 0.15) is 11.5 Å². The van der Waals surface area contributed by atoms with Crippen LogP contribution in [0.1, 0.15) is 16.8 Å². The molecule has 0 bridgehead atoms. The lowest BCUT2D eigenvalue weighted by molar-refractivity contribution is -0.118. The Balaban J connectivity index is 1.41. The third kappa shape index (κ3) is 4.48. The minimum atomic E-state index is -0.281. The van der Waals surface area contributed by atoms with E-state index in [1.165, 1.54) is 0 Å². The van der Waals surface area contributed by atoms with Crippen molar-refractivity contribution in [3.8, 4) is 17.4 Å². The summed E-state index contributed by atoms with van der Waals surface area (Å²) in [6.45, 7) is 5.66. The Kier molecular flexibility index (Phi) is 5.53. The molecule has 0 unspecified atom stereocenters. The standard InChI is InChI=1S/C23H23N5O3/c1-14-11-17(7-8-19(14)31-18-6-5-9-24-12-18)26-20(29)13-30-23-21-15(2)10-16(3)25-22(21)28(4)27-23/h5-12H,13H2,1-4H3,(H,26,29). The molecule has 31 heavy (non-hydrogen) atoms. The summed E-state index contributed by atoms with van der Waals surface area (Å²) < 4.78 is 13.2. The summed E-state index contributed by atoms with van der Waals surface area (Å²) >= 11 is 0. The first-order valence-corrected chi connectivity index (χ1v) is 9.83. The summed E-state index contributed by atoms with van der Waals surface area (Å²) in [5.41, 5.74) is 4.18. The largest absolute Gasteiger partial charge is 0.466 e. The quantitative estimate of drug-likeness (QED) is 0.508. The molecule has 0 aliphatic carbocycles. The Morgan fingerprint density at radius 2 is 1.97 bits per heavy atom. The van der Waals surface area contributed by atoms with E-state index in [9.17, 15) is 4.79 Å². The van der Waals surface area contributed by atoms with Gasteiger partial charge in [-0.2, -0.15) is 0 Å². The summed E-state index contributed by atoms with van der Waals surface area (Å²) in [6, 6.07) is 11.0. The van der Waals surface area contributed by atoms with Crippen molar-refractivity contribution in [2.75, 3.05) is 11.9 Å². The van der Waals surface area contributed by atoms with Gasteiger partial charge in [-0.15, -0.1) is 5.10 Å². The predicted molar refractivity (Wildman–Crippen MR) is 118 cm³/mol. The molecule has 4 rings (SSSR count). The summed E-state index contributed by atoms with van der Waals surface area (Å²) in [6.07, 6.45) is 3.33. The molecule has 0 aliphatic heterocycles. The van der Waals surface area contributed by atoms with Crippen molar-refractivity contribution < 1.29 is 14.3 Å². The van der Waals surface area contributed by atoms with Crippen molar-refractivity contribution in [2.45, 2.75) is 20.8 Å². The molecule has 0 atom stereocenters. The molecular formula is C23H23N5O3. The van der Waals surface area contributed by atoms with Gasteiger partial charge in [-0.25, -0.2) is 9.67 Å². The van der Waals surface area contributed by atoms with Crippen LogP contribution in [0, 0.1) is 20.8 Å². The maximum absolute atomic E-state index is 12.4. The number of pyridine rings is 2. The number of nitrogens with zero attached hydrogens (tertiary/aromatic N) is 4. The van der Waals surface area contributed by atoms with E-state index in [1.54, 1.807) is 30.2 Å². The van der Waals surface area contributed by atoms with Crippen molar-refractivity contribution in [3.05, 3.63) is 65.6 Å². The summed E-state index contributed by atoms with van der Waals surface area (Å²) in [4.78, 5) is 21.0. The number of aromatic nitrogens is 4. The molecule has 3 heterocycles. The SMILES string of the molecule is Cc1cc(C)c2c(OCC(=O)Nc3ccc(Oc4cccnc4)c(C)c3)nn(C)c2n1. The van der Waals surface area contributed by atoms with Crippen LogP contribution in [0.3, 0.4) is 0 Å². The average molecular weight is 417 g/mol. The number of aryl methyl sites for hydroxylation is 4. The zero-order valence-electron chi connectivity index (χ0n) is 17.8. The Labute approximate surface area is 179 Å². The predicted octanol–water partition coefficient (Wildman–Crippen LogP) is 4.10. The number of anilines is 1. The van der Waals surface area contributed by atoms with Crippen LogP contribution in [0.5, 0.6) is 17.4 Å². The third-order valence-corrected chi connectivity index (χ3v) is 4.75. The van der Waals surface area contributed by atoms with Crippen molar-refractivity contribution in [3.63, 3.8) is 0 Å². The summed E-state index contributed by atoms with van der Waals surface area (Å²) in [5.74, 6) is 1.46. The van der Waals surface area contributed by atoms with E-state index >= 15 is 0 Å². The molecule has 0 radical (unpaired) electrons. The second kappa shape index (κ2) is 8.43. The fourth-order valence-corrected chi connectivity index (χ4v) is 3.36. The van der Waals surface area contributed by atoms with Crippen LogP contribution in [-0.2, 0) is 11.8 Å². The van der Waals surface area contributed by atoms with Crippen LogP contribution >= 0.6 is 0 Å². The maximum atomic E-state index is 12.4. The normalized spacial score (nSPS) is 10.8. The molecule has 0 aliphatic rings. The van der Waals surface area contributed by atoms with E-state index < -0.39 is 0 Å². The minimum absolute atomic E-state index is 0.160. The zero-order valence-corrected chi connectivity index (χ0v) is 17.8. The molecule has 1 amide bonds. The van der Waals surface area contributed by atoms with Gasteiger partial charge < -0.3 is 14.8 Å². The molecule has 0 saturated carbocycles. The lowest BCUT2D eigenvalue weighted by Crippen LogP contribution is -2.20. The number of benzene rings is 1. The fourth-order valence-electron chi connectivity index (χ4n) is 3.36. The number of fused-ring (bicyclic) bond motifs is 1. The van der Waals surface area contributed by atoms with Crippen LogP contribution in [-0.4, -0.2) is 32.3 Å². The van der Waals surface area contributed by atoms with Gasteiger partial charge in [0, 0.05) is 24.6 Å². The lowest BCUT2D eigenvalue weighted by atomic mass is 10.2. The van der Waals surface area contributed by atoms with Crippen LogP contribution in [0.2, 0.25) is 0 Å². The molecule has 0 saturated heterocycles. The molecule has 8 heteroatoms. The number of amides is 1. The number of hydrogen-bond acceptors (Lipinski definition) is 6. The number of carbonyl (C=O) groups excluding carboxylic acids is 1. The van der Waals surface area contributed by atoms with E-state index in [0.717, 1.165) is 27.9 Å². The summed E-state index contributed by atoms with van der Waals surface area (Å²) in [5, 5.41) is 8.02. The summed E-state index contributed by atoms with van der Waals surface area (Å²) in [7, 11) is 1.80. The molecule has 0 fully saturated rings. The van der Waals surface area contributed by atoms with Crippen LogP contribution in [0.25, 0.3) is 11.0 Å². The molecule has 1 N–H and O–H groups in total.